The van der Waals surface area contributed by atoms with Crippen LogP contribution < -0.4 is 15.0 Å². The lowest BCUT2D eigenvalue weighted by atomic mass is 10.2. The summed E-state index contributed by atoms with van der Waals surface area (Å²) in [7, 11) is 2.41. The number of carbonyl (C=O) groups excluding carboxylic acids is 1. The Morgan fingerprint density at radius 2 is 1.89 bits per heavy atom. The number of nitrogens with one attached hydrogen (secondary N) is 2. The highest BCUT2D eigenvalue weighted by molar-refractivity contribution is 7.89. The van der Waals surface area contributed by atoms with Crippen LogP contribution in [0, 0.1) is 5.82 Å². The topological polar surface area (TPSA) is 80.2 Å². The van der Waals surface area contributed by atoms with Crippen LogP contribution in [-0.4, -0.2) is 53.4 Å². The van der Waals surface area contributed by atoms with Crippen LogP contribution in [0.3, 0.4) is 0 Å². The summed E-state index contributed by atoms with van der Waals surface area (Å²) in [5, 5.41) is 2.68. The molecule has 0 saturated heterocycles. The maximum atomic E-state index is 13.8. The molecule has 7 nitrogen and oxygen atoms in total. The summed E-state index contributed by atoms with van der Waals surface area (Å²) >= 11 is 0. The second-order valence-corrected chi connectivity index (χ2v) is 8.75. The van der Waals surface area contributed by atoms with Crippen molar-refractivity contribution in [3.8, 4) is 5.75 Å². The molecule has 2 rings (SSSR count). The van der Waals surface area contributed by atoms with Gasteiger partial charge in [-0.2, -0.15) is 0 Å². The minimum Gasteiger partial charge on any atom is -0.495 e. The van der Waals surface area contributed by atoms with Crippen molar-refractivity contribution in [2.24, 2.45) is 0 Å². The van der Waals surface area contributed by atoms with E-state index in [1.165, 1.54) is 45.5 Å². The maximum absolute atomic E-state index is 13.8. The maximum Gasteiger partial charge on any atom is 0.279 e. The molecule has 28 heavy (non-hydrogen) atoms. The van der Waals surface area contributed by atoms with E-state index in [0.717, 1.165) is 9.21 Å². The normalized spacial score (nSPS) is 12.6. The first-order chi connectivity index (χ1) is 13.1. The highest BCUT2D eigenvalue weighted by Crippen LogP contribution is 2.28. The molecule has 0 aromatic heterocycles. The number of benzene rings is 2. The number of quaternary nitrogens is 1. The second kappa shape index (κ2) is 9.13. The zero-order chi connectivity index (χ0) is 20.9. The number of nitrogens with zero attached hydrogens (tertiary/aromatic N) is 1. The van der Waals surface area contributed by atoms with Crippen LogP contribution in [-0.2, 0) is 21.4 Å². The first kappa shape index (κ1) is 21.8. The Hall–Kier alpha value is -2.49. The number of sulfonamides is 1. The third-order valence-corrected chi connectivity index (χ3v) is 5.95. The van der Waals surface area contributed by atoms with Gasteiger partial charge in [-0.05, 0) is 24.3 Å². The van der Waals surface area contributed by atoms with Gasteiger partial charge in [0.25, 0.3) is 5.91 Å². The fraction of sp³-hybridized carbons (Fsp3) is 0.316. The lowest BCUT2D eigenvalue weighted by Gasteiger charge is -2.17. The van der Waals surface area contributed by atoms with Gasteiger partial charge in [0, 0.05) is 19.7 Å². The van der Waals surface area contributed by atoms with Crippen molar-refractivity contribution in [2.75, 3.05) is 40.1 Å². The number of anilines is 1. The molecule has 152 valence electrons. The van der Waals surface area contributed by atoms with Crippen molar-refractivity contribution >= 4 is 21.6 Å². The molecule has 9 heteroatoms. The summed E-state index contributed by atoms with van der Waals surface area (Å²) in [5.41, 5.74) is 0.776. The van der Waals surface area contributed by atoms with Gasteiger partial charge >= 0.3 is 0 Å². The summed E-state index contributed by atoms with van der Waals surface area (Å²) in [6.45, 7) is 0.411. The number of halogens is 1. The van der Waals surface area contributed by atoms with Crippen LogP contribution >= 0.6 is 0 Å². The number of methoxy groups -OCH3 is 1. The summed E-state index contributed by atoms with van der Waals surface area (Å²) in [4.78, 5) is 13.2. The van der Waals surface area contributed by atoms with Gasteiger partial charge in [-0.3, -0.25) is 4.79 Å². The van der Waals surface area contributed by atoms with E-state index in [4.69, 9.17) is 4.74 Å². The molecule has 0 radical (unpaired) electrons. The first-order valence-electron chi connectivity index (χ1n) is 8.60. The largest absolute Gasteiger partial charge is 0.495 e. The molecule has 0 spiro atoms. The molecule has 0 heterocycles. The zero-order valence-corrected chi connectivity index (χ0v) is 17.1. The highest BCUT2D eigenvalue weighted by atomic mass is 32.2. The SMILES string of the molecule is COc1ccc(S(=O)(=O)N(C)C)cc1NC(=O)C[NH+](C)Cc1ccccc1F. The van der Waals surface area contributed by atoms with Crippen LogP contribution in [0.25, 0.3) is 0 Å². The molecule has 0 fully saturated rings. The standard InChI is InChI=1S/C19H24FN3O4S/c1-22(2)28(25,26)15-9-10-18(27-4)17(11-15)21-19(24)13-23(3)12-14-7-5-6-8-16(14)20/h5-11H,12-13H2,1-4H3,(H,21,24)/p+1. The van der Waals surface area contributed by atoms with Gasteiger partial charge in [-0.15, -0.1) is 0 Å². The molecule has 2 N–H and O–H groups in total. The van der Waals surface area contributed by atoms with E-state index < -0.39 is 10.0 Å². The number of rotatable bonds is 8. The Morgan fingerprint density at radius 1 is 1.21 bits per heavy atom. The van der Waals surface area contributed by atoms with Crippen LogP contribution in [0.1, 0.15) is 5.56 Å². The van der Waals surface area contributed by atoms with E-state index >= 15 is 0 Å². The summed E-state index contributed by atoms with van der Waals surface area (Å²) in [6.07, 6.45) is 0. The third-order valence-electron chi connectivity index (χ3n) is 4.14. The molecular formula is C19H25FN3O4S+. The fourth-order valence-corrected chi connectivity index (χ4v) is 3.58. The average Bonchev–Trinajstić information content (AvgIpc) is 2.63. The molecule has 0 aliphatic rings. The van der Waals surface area contributed by atoms with Crippen LogP contribution in [0.15, 0.2) is 47.4 Å². The van der Waals surface area contributed by atoms with E-state index in [1.54, 1.807) is 25.2 Å². The Balaban J connectivity index is 2.13. The van der Waals surface area contributed by atoms with Gasteiger partial charge in [0.05, 0.1) is 24.7 Å². The van der Waals surface area contributed by atoms with Crippen molar-refractivity contribution in [3.05, 3.63) is 53.8 Å². The van der Waals surface area contributed by atoms with E-state index in [9.17, 15) is 17.6 Å². The number of hydrogen-bond donors (Lipinski definition) is 2. The smallest absolute Gasteiger partial charge is 0.279 e. The lowest BCUT2D eigenvalue weighted by molar-refractivity contribution is -0.885. The molecule has 0 saturated carbocycles. The fourth-order valence-electron chi connectivity index (χ4n) is 2.65. The molecule has 1 amide bonds. The van der Waals surface area contributed by atoms with Crippen molar-refractivity contribution < 1.29 is 27.2 Å². The zero-order valence-electron chi connectivity index (χ0n) is 16.3. The van der Waals surface area contributed by atoms with E-state index in [2.05, 4.69) is 5.32 Å². The Labute approximate surface area is 164 Å². The lowest BCUT2D eigenvalue weighted by Crippen LogP contribution is -3.08. The second-order valence-electron chi connectivity index (χ2n) is 6.60. The predicted molar refractivity (Wildman–Crippen MR) is 104 cm³/mol. The monoisotopic (exact) mass is 410 g/mol. The van der Waals surface area contributed by atoms with Crippen LogP contribution in [0.4, 0.5) is 10.1 Å². The Morgan fingerprint density at radius 3 is 2.50 bits per heavy atom. The molecule has 2 aromatic carbocycles. The Kier molecular flexibility index (Phi) is 7.11. The minimum absolute atomic E-state index is 0.0423. The van der Waals surface area contributed by atoms with Crippen LogP contribution in [0.2, 0.25) is 0 Å². The van der Waals surface area contributed by atoms with Gasteiger partial charge in [0.15, 0.2) is 6.54 Å². The van der Waals surface area contributed by atoms with Crippen LogP contribution in [0.5, 0.6) is 5.75 Å². The molecular weight excluding hydrogens is 385 g/mol. The quantitative estimate of drug-likeness (QED) is 0.673. The highest BCUT2D eigenvalue weighted by Gasteiger charge is 2.20. The van der Waals surface area contributed by atoms with Gasteiger partial charge in [-0.1, -0.05) is 18.2 Å². The number of amides is 1. The van der Waals surface area contributed by atoms with E-state index in [-0.39, 0.29) is 28.9 Å². The number of carbonyl (C=O) groups is 1. The predicted octanol–water partition coefficient (Wildman–Crippen LogP) is 0.738. The molecule has 0 aliphatic heterocycles. The number of ether oxygens (including phenoxy) is 1. The third kappa shape index (κ3) is 5.28. The molecule has 0 aliphatic carbocycles. The molecule has 2 aromatic rings. The van der Waals surface area contributed by atoms with Gasteiger partial charge < -0.3 is 15.0 Å². The summed E-state index contributed by atoms with van der Waals surface area (Å²) < 4.78 is 44.7. The van der Waals surface area contributed by atoms with Crippen molar-refractivity contribution in [3.63, 3.8) is 0 Å². The van der Waals surface area contributed by atoms with E-state index in [1.807, 2.05) is 0 Å². The van der Waals surface area contributed by atoms with E-state index in [0.29, 0.717) is 17.9 Å². The van der Waals surface area contributed by atoms with Gasteiger partial charge in [0.1, 0.15) is 18.1 Å². The van der Waals surface area contributed by atoms with Crippen molar-refractivity contribution in [1.82, 2.24) is 4.31 Å². The average molecular weight is 410 g/mol. The Bertz CT molecular complexity index is 948. The molecule has 1 unspecified atom stereocenters. The molecule has 0 bridgehead atoms. The number of hydrogen-bond acceptors (Lipinski definition) is 4. The molecule has 1 atom stereocenters. The summed E-state index contributed by atoms with van der Waals surface area (Å²) in [6, 6.07) is 10.7. The minimum atomic E-state index is -3.65. The van der Waals surface area contributed by atoms with Gasteiger partial charge in [0.2, 0.25) is 10.0 Å². The van der Waals surface area contributed by atoms with Crippen molar-refractivity contribution in [1.29, 1.82) is 0 Å². The summed E-state index contributed by atoms with van der Waals surface area (Å²) in [5.74, 6) is -0.310. The van der Waals surface area contributed by atoms with Gasteiger partial charge in [-0.25, -0.2) is 17.1 Å². The first-order valence-corrected chi connectivity index (χ1v) is 10.0. The van der Waals surface area contributed by atoms with Crippen molar-refractivity contribution in [2.45, 2.75) is 11.4 Å². The number of likely N-dealkylation sites (N-methyl/N-ethyl adjacent to an activating group) is 1.